The van der Waals surface area contributed by atoms with Crippen LogP contribution in [-0.2, 0) is 16.0 Å². The highest BCUT2D eigenvalue weighted by Crippen LogP contribution is 2.25. The van der Waals surface area contributed by atoms with Crippen molar-refractivity contribution >= 4 is 27.7 Å². The number of hydrogen-bond acceptors (Lipinski definition) is 4. The molecule has 0 aliphatic heterocycles. The predicted octanol–water partition coefficient (Wildman–Crippen LogP) is 3.81. The second kappa shape index (κ2) is 7.92. The standard InChI is InChI=1S/C18H17BrO4/c1-12(18(21)14-6-4-3-5-7-14)23-17(20)11-13-8-9-16(22-2)15(19)10-13/h3-10,12H,11H2,1-2H3. The van der Waals surface area contributed by atoms with E-state index >= 15 is 0 Å². The number of Topliss-reactive ketones (excluding diaryl/α,β-unsaturated/α-hetero) is 1. The van der Waals surface area contributed by atoms with E-state index in [2.05, 4.69) is 15.9 Å². The first kappa shape index (κ1) is 17.2. The van der Waals surface area contributed by atoms with E-state index in [1.54, 1.807) is 56.5 Å². The lowest BCUT2D eigenvalue weighted by atomic mass is 10.1. The number of halogens is 1. The number of hydrogen-bond donors (Lipinski definition) is 0. The van der Waals surface area contributed by atoms with Crippen molar-refractivity contribution in [1.29, 1.82) is 0 Å². The Kier molecular flexibility index (Phi) is 5.93. The molecule has 0 bridgehead atoms. The summed E-state index contributed by atoms with van der Waals surface area (Å²) in [6, 6.07) is 14.1. The molecular weight excluding hydrogens is 360 g/mol. The zero-order valence-electron chi connectivity index (χ0n) is 12.9. The molecule has 23 heavy (non-hydrogen) atoms. The van der Waals surface area contributed by atoms with Crippen LogP contribution in [0.25, 0.3) is 0 Å². The van der Waals surface area contributed by atoms with E-state index in [0.29, 0.717) is 11.3 Å². The molecule has 0 aliphatic rings. The zero-order chi connectivity index (χ0) is 16.8. The van der Waals surface area contributed by atoms with Crippen LogP contribution in [0.3, 0.4) is 0 Å². The van der Waals surface area contributed by atoms with Crippen LogP contribution in [0.5, 0.6) is 5.75 Å². The first-order valence-electron chi connectivity index (χ1n) is 7.12. The van der Waals surface area contributed by atoms with Crippen LogP contribution in [0.15, 0.2) is 53.0 Å². The molecule has 0 heterocycles. The van der Waals surface area contributed by atoms with E-state index < -0.39 is 12.1 Å². The Balaban J connectivity index is 1.96. The topological polar surface area (TPSA) is 52.6 Å². The number of carbonyl (C=O) groups is 2. The van der Waals surface area contributed by atoms with Crippen LogP contribution >= 0.6 is 15.9 Å². The molecule has 1 atom stereocenters. The van der Waals surface area contributed by atoms with Gasteiger partial charge in [-0.25, -0.2) is 0 Å². The Bertz CT molecular complexity index is 697. The summed E-state index contributed by atoms with van der Waals surface area (Å²) in [5.74, 6) is 0.0310. The van der Waals surface area contributed by atoms with Crippen molar-refractivity contribution in [2.24, 2.45) is 0 Å². The maximum atomic E-state index is 12.2. The molecule has 0 saturated heterocycles. The zero-order valence-corrected chi connectivity index (χ0v) is 14.5. The maximum Gasteiger partial charge on any atom is 0.310 e. The fourth-order valence-corrected chi connectivity index (χ4v) is 2.70. The van der Waals surface area contributed by atoms with Crippen molar-refractivity contribution in [2.45, 2.75) is 19.4 Å². The molecule has 0 radical (unpaired) electrons. The summed E-state index contributed by atoms with van der Waals surface area (Å²) in [5.41, 5.74) is 1.31. The summed E-state index contributed by atoms with van der Waals surface area (Å²) in [5, 5.41) is 0. The molecule has 0 spiro atoms. The minimum atomic E-state index is -0.813. The third kappa shape index (κ3) is 4.66. The van der Waals surface area contributed by atoms with E-state index in [4.69, 9.17) is 9.47 Å². The molecule has 0 aliphatic carbocycles. The van der Waals surface area contributed by atoms with Crippen molar-refractivity contribution in [3.63, 3.8) is 0 Å². The van der Waals surface area contributed by atoms with Crippen LogP contribution in [0.4, 0.5) is 0 Å². The van der Waals surface area contributed by atoms with E-state index in [1.165, 1.54) is 0 Å². The third-order valence-electron chi connectivity index (χ3n) is 3.30. The van der Waals surface area contributed by atoms with Gasteiger partial charge in [0.2, 0.25) is 5.78 Å². The fraction of sp³-hybridized carbons (Fsp3) is 0.222. The molecule has 0 aromatic heterocycles. The van der Waals surface area contributed by atoms with Gasteiger partial charge in [-0.2, -0.15) is 0 Å². The number of methoxy groups -OCH3 is 1. The van der Waals surface area contributed by atoms with E-state index in [1.807, 2.05) is 6.07 Å². The van der Waals surface area contributed by atoms with E-state index in [0.717, 1.165) is 10.0 Å². The van der Waals surface area contributed by atoms with Crippen molar-refractivity contribution in [1.82, 2.24) is 0 Å². The van der Waals surface area contributed by atoms with Gasteiger partial charge in [-0.15, -0.1) is 0 Å². The average Bonchev–Trinajstić information content (AvgIpc) is 2.55. The molecule has 0 saturated carbocycles. The Labute approximate surface area is 143 Å². The Morgan fingerprint density at radius 2 is 1.83 bits per heavy atom. The normalized spacial score (nSPS) is 11.6. The molecule has 0 N–H and O–H groups in total. The van der Waals surface area contributed by atoms with Crippen LogP contribution in [0, 0.1) is 0 Å². The number of carbonyl (C=O) groups excluding carboxylic acids is 2. The lowest BCUT2D eigenvalue weighted by Gasteiger charge is -2.13. The maximum absolute atomic E-state index is 12.2. The first-order valence-corrected chi connectivity index (χ1v) is 7.91. The monoisotopic (exact) mass is 376 g/mol. The third-order valence-corrected chi connectivity index (χ3v) is 3.92. The predicted molar refractivity (Wildman–Crippen MR) is 90.7 cm³/mol. The van der Waals surface area contributed by atoms with Crippen LogP contribution in [0.1, 0.15) is 22.8 Å². The Hall–Kier alpha value is -2.14. The highest BCUT2D eigenvalue weighted by atomic mass is 79.9. The molecule has 4 nitrogen and oxygen atoms in total. The molecule has 1 unspecified atom stereocenters. The number of esters is 1. The summed E-state index contributed by atoms with van der Waals surface area (Å²) < 4.78 is 11.1. The molecule has 2 rings (SSSR count). The smallest absolute Gasteiger partial charge is 0.310 e. The van der Waals surface area contributed by atoms with Crippen LogP contribution in [-0.4, -0.2) is 25.0 Å². The number of ether oxygens (including phenoxy) is 2. The van der Waals surface area contributed by atoms with E-state index in [9.17, 15) is 9.59 Å². The SMILES string of the molecule is COc1ccc(CC(=O)OC(C)C(=O)c2ccccc2)cc1Br. The molecular formula is C18H17BrO4. The Morgan fingerprint density at radius 3 is 2.43 bits per heavy atom. The van der Waals surface area contributed by atoms with Gasteiger partial charge >= 0.3 is 5.97 Å². The van der Waals surface area contributed by atoms with Gasteiger partial charge in [-0.05, 0) is 40.5 Å². The molecule has 2 aromatic rings. The molecule has 2 aromatic carbocycles. The fourth-order valence-electron chi connectivity index (χ4n) is 2.12. The number of rotatable bonds is 6. The Morgan fingerprint density at radius 1 is 1.13 bits per heavy atom. The highest BCUT2D eigenvalue weighted by molar-refractivity contribution is 9.10. The van der Waals surface area contributed by atoms with Gasteiger partial charge in [-0.1, -0.05) is 36.4 Å². The lowest BCUT2D eigenvalue weighted by molar-refractivity contribution is -0.145. The first-order chi connectivity index (χ1) is 11.0. The van der Waals surface area contributed by atoms with Crippen molar-refractivity contribution in [3.8, 4) is 5.75 Å². The second-order valence-electron chi connectivity index (χ2n) is 5.01. The van der Waals surface area contributed by atoms with Gasteiger partial charge in [0.25, 0.3) is 0 Å². The average molecular weight is 377 g/mol. The molecule has 120 valence electrons. The summed E-state index contributed by atoms with van der Waals surface area (Å²) in [7, 11) is 1.57. The summed E-state index contributed by atoms with van der Waals surface area (Å²) >= 11 is 3.37. The lowest BCUT2D eigenvalue weighted by Crippen LogP contribution is -2.25. The minimum Gasteiger partial charge on any atom is -0.496 e. The second-order valence-corrected chi connectivity index (χ2v) is 5.86. The minimum absolute atomic E-state index is 0.0923. The molecule has 5 heteroatoms. The van der Waals surface area contributed by atoms with Gasteiger partial charge in [0, 0.05) is 5.56 Å². The molecule has 0 amide bonds. The van der Waals surface area contributed by atoms with Crippen molar-refractivity contribution in [2.75, 3.05) is 7.11 Å². The van der Waals surface area contributed by atoms with Crippen LogP contribution in [0.2, 0.25) is 0 Å². The van der Waals surface area contributed by atoms with Gasteiger partial charge in [0.05, 0.1) is 18.0 Å². The number of benzene rings is 2. The van der Waals surface area contributed by atoms with Gasteiger partial charge in [-0.3, -0.25) is 9.59 Å². The number of ketones is 1. The highest BCUT2D eigenvalue weighted by Gasteiger charge is 2.19. The summed E-state index contributed by atoms with van der Waals surface area (Å²) in [6.07, 6.45) is -0.721. The van der Waals surface area contributed by atoms with Gasteiger partial charge < -0.3 is 9.47 Å². The summed E-state index contributed by atoms with van der Waals surface area (Å²) in [6.45, 7) is 1.58. The van der Waals surface area contributed by atoms with Crippen molar-refractivity contribution in [3.05, 3.63) is 64.1 Å². The van der Waals surface area contributed by atoms with Gasteiger partial charge in [0.15, 0.2) is 6.10 Å². The van der Waals surface area contributed by atoms with Crippen LogP contribution < -0.4 is 4.74 Å². The largest absolute Gasteiger partial charge is 0.496 e. The van der Waals surface area contributed by atoms with Crippen molar-refractivity contribution < 1.29 is 19.1 Å². The van der Waals surface area contributed by atoms with E-state index in [-0.39, 0.29) is 12.2 Å². The molecule has 0 fully saturated rings. The summed E-state index contributed by atoms with van der Waals surface area (Å²) in [4.78, 5) is 24.2. The quantitative estimate of drug-likeness (QED) is 0.568. The van der Waals surface area contributed by atoms with Gasteiger partial charge in [0.1, 0.15) is 5.75 Å².